The molecule has 1 heterocycles. The third kappa shape index (κ3) is 3.11. The number of rotatable bonds is 2. The average molecular weight is 278 g/mol. The molecule has 0 unspecified atom stereocenters. The molecule has 1 aliphatic rings. The van der Waals surface area contributed by atoms with Crippen LogP contribution in [0.15, 0.2) is 18.2 Å². The molecule has 0 radical (unpaired) electrons. The number of amides is 2. The minimum Gasteiger partial charge on any atom is -0.465 e. The van der Waals surface area contributed by atoms with Gasteiger partial charge in [0, 0.05) is 38.8 Å². The Morgan fingerprint density at radius 3 is 2.45 bits per heavy atom. The van der Waals surface area contributed by atoms with Crippen LogP contribution < -0.4 is 16.0 Å². The van der Waals surface area contributed by atoms with Crippen molar-refractivity contribution in [2.75, 3.05) is 42.1 Å². The van der Waals surface area contributed by atoms with Crippen LogP contribution in [-0.4, -0.2) is 48.2 Å². The zero-order valence-corrected chi connectivity index (χ0v) is 11.3. The van der Waals surface area contributed by atoms with E-state index in [1.165, 1.54) is 0 Å². The molecule has 1 aliphatic heterocycles. The van der Waals surface area contributed by atoms with Gasteiger partial charge in [-0.1, -0.05) is 0 Å². The highest BCUT2D eigenvalue weighted by molar-refractivity contribution is 5.89. The second-order valence-electron chi connectivity index (χ2n) is 4.69. The first-order valence-corrected chi connectivity index (χ1v) is 6.37. The number of nitrogens with one attached hydrogen (secondary N) is 1. The second kappa shape index (κ2) is 5.68. The van der Waals surface area contributed by atoms with E-state index in [2.05, 4.69) is 10.2 Å². The molecule has 1 aromatic carbocycles. The van der Waals surface area contributed by atoms with Gasteiger partial charge in [0.25, 0.3) is 0 Å². The van der Waals surface area contributed by atoms with Crippen LogP contribution in [0, 0.1) is 0 Å². The van der Waals surface area contributed by atoms with Crippen molar-refractivity contribution in [3.8, 4) is 0 Å². The summed E-state index contributed by atoms with van der Waals surface area (Å²) in [4.78, 5) is 25.9. The largest absolute Gasteiger partial charge is 0.465 e. The summed E-state index contributed by atoms with van der Waals surface area (Å²) in [5.74, 6) is 0.0789. The Kier molecular flexibility index (Phi) is 3.97. The third-order valence-electron chi connectivity index (χ3n) is 3.37. The van der Waals surface area contributed by atoms with E-state index in [0.717, 1.165) is 18.8 Å². The summed E-state index contributed by atoms with van der Waals surface area (Å²) in [5.41, 5.74) is 7.39. The van der Waals surface area contributed by atoms with Gasteiger partial charge in [0.1, 0.15) is 0 Å². The van der Waals surface area contributed by atoms with E-state index < -0.39 is 6.09 Å². The normalized spacial score (nSPS) is 15.1. The average Bonchev–Trinajstić information content (AvgIpc) is 2.41. The van der Waals surface area contributed by atoms with Crippen molar-refractivity contribution in [3.63, 3.8) is 0 Å². The van der Waals surface area contributed by atoms with Crippen LogP contribution >= 0.6 is 0 Å². The highest BCUT2D eigenvalue weighted by Crippen LogP contribution is 2.26. The lowest BCUT2D eigenvalue weighted by Crippen LogP contribution is -2.48. The number of nitrogens with zero attached hydrogens (tertiary/aromatic N) is 2. The molecule has 0 spiro atoms. The quantitative estimate of drug-likeness (QED) is 0.702. The molecule has 2 rings (SSSR count). The van der Waals surface area contributed by atoms with Crippen molar-refractivity contribution in [1.82, 2.24) is 4.90 Å². The molecule has 20 heavy (non-hydrogen) atoms. The molecule has 0 atom stereocenters. The lowest BCUT2D eigenvalue weighted by atomic mass is 10.2. The Labute approximate surface area is 117 Å². The summed E-state index contributed by atoms with van der Waals surface area (Å²) < 4.78 is 0. The number of anilines is 3. The van der Waals surface area contributed by atoms with Gasteiger partial charge in [0.15, 0.2) is 0 Å². The Morgan fingerprint density at radius 2 is 1.90 bits per heavy atom. The first-order valence-electron chi connectivity index (χ1n) is 6.37. The highest BCUT2D eigenvalue weighted by Gasteiger charge is 2.19. The molecule has 0 bridgehead atoms. The van der Waals surface area contributed by atoms with Crippen LogP contribution in [0.2, 0.25) is 0 Å². The number of nitrogens with two attached hydrogens (primary N) is 1. The molecule has 0 aliphatic carbocycles. The fraction of sp³-hybridized carbons (Fsp3) is 0.385. The second-order valence-corrected chi connectivity index (χ2v) is 4.69. The minimum atomic E-state index is -1.14. The predicted molar refractivity (Wildman–Crippen MR) is 77.0 cm³/mol. The van der Waals surface area contributed by atoms with Crippen molar-refractivity contribution < 1.29 is 14.7 Å². The Morgan fingerprint density at radius 1 is 1.25 bits per heavy atom. The van der Waals surface area contributed by atoms with E-state index >= 15 is 0 Å². The molecule has 0 aromatic heterocycles. The van der Waals surface area contributed by atoms with Gasteiger partial charge in [-0.05, 0) is 18.2 Å². The van der Waals surface area contributed by atoms with Gasteiger partial charge in [-0.25, -0.2) is 4.79 Å². The summed E-state index contributed by atoms with van der Waals surface area (Å²) in [6.45, 7) is 4.34. The van der Waals surface area contributed by atoms with E-state index in [1.807, 2.05) is 6.07 Å². The molecular formula is C13H18N4O3. The number of carboxylic acid groups (broad SMARTS) is 1. The van der Waals surface area contributed by atoms with Crippen LogP contribution in [0.3, 0.4) is 0 Å². The third-order valence-corrected chi connectivity index (χ3v) is 3.37. The molecule has 108 valence electrons. The van der Waals surface area contributed by atoms with Gasteiger partial charge >= 0.3 is 6.09 Å². The van der Waals surface area contributed by atoms with E-state index in [4.69, 9.17) is 10.8 Å². The Bertz CT molecular complexity index is 524. The maximum absolute atomic E-state index is 11.3. The SMILES string of the molecule is CC(=O)N1CCN(c2ccc(N)c(NC(=O)O)c2)CC1. The maximum atomic E-state index is 11.3. The highest BCUT2D eigenvalue weighted by atomic mass is 16.4. The Hall–Kier alpha value is -2.44. The lowest BCUT2D eigenvalue weighted by molar-refractivity contribution is -0.129. The number of hydrogen-bond donors (Lipinski definition) is 3. The van der Waals surface area contributed by atoms with E-state index in [0.29, 0.717) is 24.5 Å². The molecule has 7 nitrogen and oxygen atoms in total. The first kappa shape index (κ1) is 14.0. The van der Waals surface area contributed by atoms with Gasteiger partial charge in [0.05, 0.1) is 11.4 Å². The Balaban J connectivity index is 2.10. The number of carbonyl (C=O) groups excluding carboxylic acids is 1. The molecular weight excluding hydrogens is 260 g/mol. The van der Waals surface area contributed by atoms with Crippen LogP contribution in [-0.2, 0) is 4.79 Å². The van der Waals surface area contributed by atoms with Gasteiger partial charge < -0.3 is 20.6 Å². The van der Waals surface area contributed by atoms with Gasteiger partial charge in [-0.3, -0.25) is 10.1 Å². The van der Waals surface area contributed by atoms with Crippen molar-refractivity contribution in [2.45, 2.75) is 6.92 Å². The van der Waals surface area contributed by atoms with E-state index in [1.54, 1.807) is 24.0 Å². The van der Waals surface area contributed by atoms with E-state index in [-0.39, 0.29) is 5.91 Å². The van der Waals surface area contributed by atoms with Crippen molar-refractivity contribution in [1.29, 1.82) is 0 Å². The van der Waals surface area contributed by atoms with Crippen LogP contribution in [0.1, 0.15) is 6.92 Å². The lowest BCUT2D eigenvalue weighted by Gasteiger charge is -2.35. The molecule has 2 amide bonds. The van der Waals surface area contributed by atoms with Crippen molar-refractivity contribution in [3.05, 3.63) is 18.2 Å². The smallest absolute Gasteiger partial charge is 0.409 e. The number of piperazine rings is 1. The number of carbonyl (C=O) groups is 2. The first-order chi connectivity index (χ1) is 9.47. The molecule has 0 saturated carbocycles. The summed E-state index contributed by atoms with van der Waals surface area (Å²) in [6, 6.07) is 5.25. The summed E-state index contributed by atoms with van der Waals surface area (Å²) in [6.07, 6.45) is -1.14. The molecule has 4 N–H and O–H groups in total. The van der Waals surface area contributed by atoms with Crippen LogP contribution in [0.5, 0.6) is 0 Å². The summed E-state index contributed by atoms with van der Waals surface area (Å²) in [7, 11) is 0. The van der Waals surface area contributed by atoms with Gasteiger partial charge in [-0.2, -0.15) is 0 Å². The molecule has 1 fully saturated rings. The number of hydrogen-bond acceptors (Lipinski definition) is 4. The van der Waals surface area contributed by atoms with Crippen molar-refractivity contribution in [2.24, 2.45) is 0 Å². The van der Waals surface area contributed by atoms with Gasteiger partial charge in [0.2, 0.25) is 5.91 Å². The summed E-state index contributed by atoms with van der Waals surface area (Å²) >= 11 is 0. The monoisotopic (exact) mass is 278 g/mol. The van der Waals surface area contributed by atoms with E-state index in [9.17, 15) is 9.59 Å². The fourth-order valence-electron chi connectivity index (χ4n) is 2.24. The molecule has 7 heteroatoms. The van der Waals surface area contributed by atoms with Gasteiger partial charge in [-0.15, -0.1) is 0 Å². The molecule has 1 saturated heterocycles. The van der Waals surface area contributed by atoms with Crippen LogP contribution in [0.25, 0.3) is 0 Å². The molecule has 1 aromatic rings. The summed E-state index contributed by atoms with van der Waals surface area (Å²) in [5, 5.41) is 11.0. The number of benzene rings is 1. The minimum absolute atomic E-state index is 0.0789. The fourth-order valence-corrected chi connectivity index (χ4v) is 2.24. The van der Waals surface area contributed by atoms with Crippen molar-refractivity contribution >= 4 is 29.1 Å². The standard InChI is InChI=1S/C13H18N4O3/c1-9(18)16-4-6-17(7-5-16)10-2-3-11(14)12(8-10)15-13(19)20/h2-3,8,15H,4-7,14H2,1H3,(H,19,20). The topological polar surface area (TPSA) is 98.9 Å². The van der Waals surface area contributed by atoms with Crippen LogP contribution in [0.4, 0.5) is 21.9 Å². The number of nitrogen functional groups attached to an aromatic ring is 1. The zero-order valence-electron chi connectivity index (χ0n) is 11.3. The predicted octanol–water partition coefficient (Wildman–Crippen LogP) is 1.03. The zero-order chi connectivity index (χ0) is 14.7. The maximum Gasteiger partial charge on any atom is 0.409 e.